The summed E-state index contributed by atoms with van der Waals surface area (Å²) in [7, 11) is 2.92. The second-order valence-corrected chi connectivity index (χ2v) is 5.09. The second kappa shape index (κ2) is 8.00. The highest BCUT2D eigenvalue weighted by molar-refractivity contribution is 5.70. The van der Waals surface area contributed by atoms with Gasteiger partial charge in [-0.15, -0.1) is 0 Å². The number of ether oxygens (including phenoxy) is 2. The van der Waals surface area contributed by atoms with Gasteiger partial charge in [0.05, 0.1) is 26.7 Å². The Hall–Kier alpha value is -1.59. The molecule has 0 saturated carbocycles. The molecule has 5 heteroatoms. The molecule has 0 aliphatic carbocycles. The first-order chi connectivity index (χ1) is 9.94. The minimum absolute atomic E-state index is 0.0989. The number of hydrogen-bond donors (Lipinski definition) is 2. The van der Waals surface area contributed by atoms with Crippen LogP contribution in [0, 0.1) is 13.8 Å². The minimum Gasteiger partial charge on any atom is -0.496 e. The van der Waals surface area contributed by atoms with Crippen molar-refractivity contribution in [3.63, 3.8) is 0 Å². The number of benzene rings is 1. The monoisotopic (exact) mass is 295 g/mol. The van der Waals surface area contributed by atoms with E-state index >= 15 is 0 Å². The smallest absolute Gasteiger partial charge is 0.307 e. The van der Waals surface area contributed by atoms with E-state index in [1.54, 1.807) is 7.11 Å². The van der Waals surface area contributed by atoms with E-state index in [4.69, 9.17) is 9.47 Å². The van der Waals surface area contributed by atoms with E-state index in [1.807, 2.05) is 32.9 Å². The van der Waals surface area contributed by atoms with Crippen molar-refractivity contribution in [2.75, 3.05) is 20.8 Å². The highest BCUT2D eigenvalue weighted by Crippen LogP contribution is 2.32. The van der Waals surface area contributed by atoms with Crippen LogP contribution >= 0.6 is 0 Å². The summed E-state index contributed by atoms with van der Waals surface area (Å²) in [5.74, 6) is 0.296. The Balaban J connectivity index is 3.13. The molecular formula is C16H25NO4. The van der Waals surface area contributed by atoms with Crippen LogP contribution in [0.5, 0.6) is 5.75 Å². The van der Waals surface area contributed by atoms with Gasteiger partial charge in [-0.25, -0.2) is 0 Å². The average Bonchev–Trinajstić information content (AvgIpc) is 2.45. The number of aliphatic hydroxyl groups is 1. The van der Waals surface area contributed by atoms with Crippen molar-refractivity contribution in [1.29, 1.82) is 0 Å². The molecule has 0 aliphatic rings. The van der Waals surface area contributed by atoms with Gasteiger partial charge in [0.1, 0.15) is 5.75 Å². The molecule has 0 saturated heterocycles. The first-order valence-electron chi connectivity index (χ1n) is 7.07. The molecule has 0 fully saturated rings. The van der Waals surface area contributed by atoms with Crippen LogP contribution < -0.4 is 10.1 Å². The lowest BCUT2D eigenvalue weighted by molar-refractivity contribution is -0.142. The van der Waals surface area contributed by atoms with Crippen LogP contribution in [0.25, 0.3) is 0 Å². The molecule has 21 heavy (non-hydrogen) atoms. The van der Waals surface area contributed by atoms with Crippen LogP contribution in [-0.2, 0) is 9.53 Å². The molecular weight excluding hydrogens is 270 g/mol. The van der Waals surface area contributed by atoms with Gasteiger partial charge in [0.25, 0.3) is 0 Å². The summed E-state index contributed by atoms with van der Waals surface area (Å²) in [5.41, 5.74) is 2.68. The summed E-state index contributed by atoms with van der Waals surface area (Å²) < 4.78 is 10.1. The maximum absolute atomic E-state index is 11.5. The van der Waals surface area contributed by atoms with Crippen LogP contribution in [-0.4, -0.2) is 37.9 Å². The molecule has 2 atom stereocenters. The Labute approximate surface area is 126 Å². The van der Waals surface area contributed by atoms with Crippen molar-refractivity contribution in [3.8, 4) is 5.75 Å². The lowest BCUT2D eigenvalue weighted by atomic mass is 9.95. The maximum Gasteiger partial charge on any atom is 0.307 e. The molecule has 5 nitrogen and oxygen atoms in total. The van der Waals surface area contributed by atoms with Crippen molar-refractivity contribution in [2.45, 2.75) is 39.3 Å². The van der Waals surface area contributed by atoms with Crippen molar-refractivity contribution < 1.29 is 19.4 Å². The predicted molar refractivity (Wildman–Crippen MR) is 81.5 cm³/mol. The Morgan fingerprint density at radius 1 is 1.33 bits per heavy atom. The molecule has 2 N–H and O–H groups in total. The number of hydrogen-bond acceptors (Lipinski definition) is 5. The van der Waals surface area contributed by atoms with Crippen molar-refractivity contribution in [3.05, 3.63) is 28.8 Å². The fourth-order valence-corrected chi connectivity index (χ4v) is 2.52. The van der Waals surface area contributed by atoms with Crippen molar-refractivity contribution in [2.24, 2.45) is 0 Å². The number of methoxy groups -OCH3 is 2. The number of carbonyl (C=O) groups excluding carboxylic acids is 1. The van der Waals surface area contributed by atoms with E-state index in [0.29, 0.717) is 17.9 Å². The van der Waals surface area contributed by atoms with E-state index in [9.17, 15) is 9.90 Å². The van der Waals surface area contributed by atoms with Crippen LogP contribution in [0.4, 0.5) is 0 Å². The van der Waals surface area contributed by atoms with E-state index < -0.39 is 12.1 Å². The van der Waals surface area contributed by atoms with Gasteiger partial charge in [0.2, 0.25) is 0 Å². The molecule has 1 aromatic carbocycles. The molecule has 0 amide bonds. The zero-order valence-corrected chi connectivity index (χ0v) is 13.4. The Morgan fingerprint density at radius 3 is 2.52 bits per heavy atom. The molecule has 0 spiro atoms. The summed E-state index contributed by atoms with van der Waals surface area (Å²) >= 11 is 0. The Bertz CT molecular complexity index is 487. The molecule has 118 valence electrons. The van der Waals surface area contributed by atoms with Gasteiger partial charge >= 0.3 is 5.97 Å². The third-order valence-corrected chi connectivity index (χ3v) is 3.43. The van der Waals surface area contributed by atoms with Gasteiger partial charge in [-0.3, -0.25) is 4.79 Å². The predicted octanol–water partition coefficient (Wildman–Crippen LogP) is 1.89. The number of rotatable bonds is 7. The maximum atomic E-state index is 11.5. The normalized spacial score (nSPS) is 13.6. The van der Waals surface area contributed by atoms with Crippen LogP contribution in [0.2, 0.25) is 0 Å². The Kier molecular flexibility index (Phi) is 6.65. The zero-order valence-electron chi connectivity index (χ0n) is 13.4. The second-order valence-electron chi connectivity index (χ2n) is 5.09. The molecule has 1 rings (SSSR count). The van der Waals surface area contributed by atoms with Gasteiger partial charge in [0.15, 0.2) is 0 Å². The quantitative estimate of drug-likeness (QED) is 0.752. The number of esters is 1. The molecule has 1 aromatic rings. The molecule has 0 aromatic heterocycles. The third kappa shape index (κ3) is 4.44. The van der Waals surface area contributed by atoms with E-state index in [2.05, 4.69) is 5.32 Å². The fourth-order valence-electron chi connectivity index (χ4n) is 2.52. The summed E-state index contributed by atoms with van der Waals surface area (Å²) in [6.45, 7) is 6.47. The lowest BCUT2D eigenvalue weighted by Gasteiger charge is -2.25. The largest absolute Gasteiger partial charge is 0.496 e. The van der Waals surface area contributed by atoms with E-state index in [-0.39, 0.29) is 12.4 Å². The molecule has 0 radical (unpaired) electrons. The first kappa shape index (κ1) is 17.5. The SMILES string of the molecule is CCNC(CC(=O)OC)C(O)c1cc(C)cc(C)c1OC. The summed E-state index contributed by atoms with van der Waals surface area (Å²) in [6.07, 6.45) is -0.751. The highest BCUT2D eigenvalue weighted by atomic mass is 16.5. The number of likely N-dealkylation sites (N-methyl/N-ethyl adjacent to an activating group) is 1. The lowest BCUT2D eigenvalue weighted by Crippen LogP contribution is -2.37. The summed E-state index contributed by atoms with van der Waals surface area (Å²) in [6, 6.07) is 3.47. The van der Waals surface area contributed by atoms with Gasteiger partial charge < -0.3 is 19.9 Å². The molecule has 2 unspecified atom stereocenters. The van der Waals surface area contributed by atoms with Gasteiger partial charge in [0, 0.05) is 11.6 Å². The van der Waals surface area contributed by atoms with Crippen LogP contribution in [0.3, 0.4) is 0 Å². The minimum atomic E-state index is -0.849. The van der Waals surface area contributed by atoms with Crippen LogP contribution in [0.1, 0.15) is 36.1 Å². The number of nitrogens with one attached hydrogen (secondary N) is 1. The van der Waals surface area contributed by atoms with Gasteiger partial charge in [-0.1, -0.05) is 18.6 Å². The summed E-state index contributed by atoms with van der Waals surface area (Å²) in [5, 5.41) is 13.8. The topological polar surface area (TPSA) is 67.8 Å². The Morgan fingerprint density at radius 2 is 2.00 bits per heavy atom. The van der Waals surface area contributed by atoms with E-state index in [0.717, 1.165) is 11.1 Å². The van der Waals surface area contributed by atoms with Crippen molar-refractivity contribution >= 4 is 5.97 Å². The van der Waals surface area contributed by atoms with Gasteiger partial charge in [-0.2, -0.15) is 0 Å². The fraction of sp³-hybridized carbons (Fsp3) is 0.562. The van der Waals surface area contributed by atoms with E-state index in [1.165, 1.54) is 7.11 Å². The number of aliphatic hydroxyl groups excluding tert-OH is 1. The van der Waals surface area contributed by atoms with Crippen LogP contribution in [0.15, 0.2) is 12.1 Å². The zero-order chi connectivity index (χ0) is 16.0. The molecule has 0 bridgehead atoms. The number of aryl methyl sites for hydroxylation is 2. The first-order valence-corrected chi connectivity index (χ1v) is 7.07. The summed E-state index contributed by atoms with van der Waals surface area (Å²) in [4.78, 5) is 11.5. The third-order valence-electron chi connectivity index (χ3n) is 3.43. The van der Waals surface area contributed by atoms with Gasteiger partial charge in [-0.05, 0) is 32.0 Å². The molecule has 0 aliphatic heterocycles. The highest BCUT2D eigenvalue weighted by Gasteiger charge is 2.26. The number of carbonyl (C=O) groups is 1. The van der Waals surface area contributed by atoms with Crippen molar-refractivity contribution in [1.82, 2.24) is 5.32 Å². The average molecular weight is 295 g/mol. The standard InChI is InChI=1S/C16H25NO4/c1-6-17-13(9-14(18)20-4)15(19)12-8-10(2)7-11(3)16(12)21-5/h7-8,13,15,17,19H,6,9H2,1-5H3. The molecule has 0 heterocycles.